The van der Waals surface area contributed by atoms with Crippen molar-refractivity contribution in [1.82, 2.24) is 30.4 Å². The van der Waals surface area contributed by atoms with Gasteiger partial charge in [0.2, 0.25) is 11.8 Å². The van der Waals surface area contributed by atoms with Gasteiger partial charge in [-0.2, -0.15) is 0 Å². The standard InChI is InChI=1S/C41H56N8O6/c1-25(2)35(46-40(52)54-6)38(50)48-20-8-10-30(48)23-43-31-19-16-28(22-32(31)42-5)13-12-27-14-17-29(18-15-27)33-24-44-37(45-33)34-11-9-21-49(34)39(51)36(26(3)4)47-41(53)55-7/h14-19,22,24-26,30,34-36,43H,5,8-13,20-21,23H2,1-4,6-7H3,(H,44,45)(H,46,52)(H,47,53)/t30-,34-,35-,36-/m0/s1. The molecule has 2 aromatic carbocycles. The van der Waals surface area contributed by atoms with Gasteiger partial charge in [0.15, 0.2) is 0 Å². The number of anilines is 1. The molecule has 0 spiro atoms. The zero-order chi connectivity index (χ0) is 39.6. The first-order valence-corrected chi connectivity index (χ1v) is 19.2. The Morgan fingerprint density at radius 1 is 0.855 bits per heavy atom. The first-order valence-electron chi connectivity index (χ1n) is 19.2. The van der Waals surface area contributed by atoms with E-state index in [1.807, 2.05) is 55.8 Å². The summed E-state index contributed by atoms with van der Waals surface area (Å²) in [6.45, 7) is 13.2. The van der Waals surface area contributed by atoms with Gasteiger partial charge in [-0.05, 0) is 80.3 Å². The van der Waals surface area contributed by atoms with Gasteiger partial charge < -0.3 is 40.2 Å². The summed E-state index contributed by atoms with van der Waals surface area (Å²) in [7, 11) is 2.58. The predicted molar refractivity (Wildman–Crippen MR) is 212 cm³/mol. The second kappa shape index (κ2) is 18.8. The largest absolute Gasteiger partial charge is 0.453 e. The molecular formula is C41H56N8O6. The molecule has 4 atom stereocenters. The second-order valence-electron chi connectivity index (χ2n) is 15.0. The number of imidazole rings is 1. The van der Waals surface area contributed by atoms with Crippen molar-refractivity contribution in [3.05, 3.63) is 65.6 Å². The minimum absolute atomic E-state index is 0.0116. The van der Waals surface area contributed by atoms with E-state index in [4.69, 9.17) is 14.5 Å². The molecule has 5 rings (SSSR count). The van der Waals surface area contributed by atoms with E-state index in [1.165, 1.54) is 19.8 Å². The number of methoxy groups -OCH3 is 2. The number of ether oxygens (including phenoxy) is 2. The summed E-state index contributed by atoms with van der Waals surface area (Å²) in [6.07, 6.45) is 5.71. The van der Waals surface area contributed by atoms with E-state index >= 15 is 0 Å². The molecule has 3 heterocycles. The van der Waals surface area contributed by atoms with Gasteiger partial charge in [-0.1, -0.05) is 58.0 Å². The van der Waals surface area contributed by atoms with Crippen LogP contribution in [0, 0.1) is 11.8 Å². The van der Waals surface area contributed by atoms with E-state index in [-0.39, 0.29) is 35.7 Å². The number of aromatic amines is 1. The van der Waals surface area contributed by atoms with Crippen LogP contribution >= 0.6 is 0 Å². The Balaban J connectivity index is 1.16. The van der Waals surface area contributed by atoms with Gasteiger partial charge in [-0.15, -0.1) is 0 Å². The Labute approximate surface area is 323 Å². The number of nitrogens with zero attached hydrogens (tertiary/aromatic N) is 4. The number of hydrogen-bond donors (Lipinski definition) is 4. The molecule has 4 amide bonds. The van der Waals surface area contributed by atoms with E-state index in [0.717, 1.165) is 72.5 Å². The van der Waals surface area contributed by atoms with Gasteiger partial charge in [-0.3, -0.25) is 14.6 Å². The lowest BCUT2D eigenvalue weighted by Gasteiger charge is -2.31. The van der Waals surface area contributed by atoms with E-state index in [2.05, 4.69) is 63.0 Å². The van der Waals surface area contributed by atoms with Crippen LogP contribution in [0.3, 0.4) is 0 Å². The number of amides is 4. The van der Waals surface area contributed by atoms with Crippen molar-refractivity contribution in [1.29, 1.82) is 0 Å². The summed E-state index contributed by atoms with van der Waals surface area (Å²) in [4.78, 5) is 66.9. The highest BCUT2D eigenvalue weighted by Gasteiger charge is 2.38. The lowest BCUT2D eigenvalue weighted by Crippen LogP contribution is -2.53. The van der Waals surface area contributed by atoms with E-state index in [0.29, 0.717) is 19.6 Å². The van der Waals surface area contributed by atoms with Crippen LogP contribution in [-0.2, 0) is 31.9 Å². The zero-order valence-electron chi connectivity index (χ0n) is 32.9. The van der Waals surface area contributed by atoms with E-state index in [1.54, 1.807) is 0 Å². The molecule has 0 radical (unpaired) electrons. The van der Waals surface area contributed by atoms with Crippen molar-refractivity contribution in [3.63, 3.8) is 0 Å². The maximum absolute atomic E-state index is 13.5. The van der Waals surface area contributed by atoms with Crippen LogP contribution < -0.4 is 16.0 Å². The number of benzene rings is 2. The Kier molecular flexibility index (Phi) is 13.9. The van der Waals surface area contributed by atoms with Crippen molar-refractivity contribution < 1.29 is 28.7 Å². The summed E-state index contributed by atoms with van der Waals surface area (Å²) >= 11 is 0. The highest BCUT2D eigenvalue weighted by molar-refractivity contribution is 5.87. The van der Waals surface area contributed by atoms with E-state index < -0.39 is 24.3 Å². The number of carbonyl (C=O) groups is 4. The van der Waals surface area contributed by atoms with E-state index in [9.17, 15) is 19.2 Å². The number of aliphatic imine (C=N–C) groups is 1. The lowest BCUT2D eigenvalue weighted by atomic mass is 10.0. The van der Waals surface area contributed by atoms with Crippen LogP contribution in [0.5, 0.6) is 0 Å². The molecule has 2 aliphatic heterocycles. The summed E-state index contributed by atoms with van der Waals surface area (Å²) in [5, 5.41) is 8.88. The first kappa shape index (κ1) is 40.8. The first-order chi connectivity index (χ1) is 26.4. The molecule has 2 saturated heterocycles. The highest BCUT2D eigenvalue weighted by Crippen LogP contribution is 2.33. The summed E-state index contributed by atoms with van der Waals surface area (Å²) in [6, 6.07) is 13.0. The number of carbonyl (C=O) groups excluding carboxylic acids is 4. The second-order valence-corrected chi connectivity index (χ2v) is 15.0. The Morgan fingerprint density at radius 3 is 2.05 bits per heavy atom. The van der Waals surface area contributed by atoms with Crippen molar-refractivity contribution in [2.45, 2.75) is 90.4 Å². The topological polar surface area (TPSA) is 170 Å². The van der Waals surface area contributed by atoms with Gasteiger partial charge >= 0.3 is 12.2 Å². The van der Waals surface area contributed by atoms with Crippen molar-refractivity contribution in [2.24, 2.45) is 16.8 Å². The third kappa shape index (κ3) is 10.0. The Morgan fingerprint density at radius 2 is 1.44 bits per heavy atom. The monoisotopic (exact) mass is 756 g/mol. The maximum atomic E-state index is 13.5. The van der Waals surface area contributed by atoms with Gasteiger partial charge in [0.05, 0.1) is 37.3 Å². The van der Waals surface area contributed by atoms with Crippen LogP contribution in [-0.4, -0.2) is 102 Å². The zero-order valence-corrected chi connectivity index (χ0v) is 32.9. The number of alkyl carbamates (subject to hydrolysis) is 2. The molecule has 296 valence electrons. The molecule has 0 saturated carbocycles. The SMILES string of the molecule is C=Nc1cc(CCc2ccc(-c3c[nH]c([C@@H]4CCCN4C(=O)[C@@H](NC(=O)OC)C(C)C)n3)cc2)ccc1NC[C@@H]1CCCN1C(=O)[C@@H](NC(=O)OC)C(C)C. The van der Waals surface area contributed by atoms with Crippen LogP contribution in [0.2, 0.25) is 0 Å². The smallest absolute Gasteiger partial charge is 0.407 e. The van der Waals surface area contributed by atoms with Gasteiger partial charge in [-0.25, -0.2) is 14.6 Å². The fraction of sp³-hybridized carbons (Fsp3) is 0.512. The third-order valence-corrected chi connectivity index (χ3v) is 10.6. The number of likely N-dealkylation sites (tertiary alicyclic amines) is 2. The molecule has 14 nitrogen and oxygen atoms in total. The quantitative estimate of drug-likeness (QED) is 0.137. The molecule has 0 bridgehead atoms. The third-order valence-electron chi connectivity index (χ3n) is 10.6. The van der Waals surface area contributed by atoms with Crippen LogP contribution in [0.15, 0.2) is 53.7 Å². The number of hydrogen-bond acceptors (Lipinski definition) is 9. The number of H-pyrrole nitrogens is 1. The Hall–Kier alpha value is -5.40. The van der Waals surface area contributed by atoms with Crippen molar-refractivity contribution >= 4 is 42.1 Å². The minimum Gasteiger partial charge on any atom is -0.453 e. The molecule has 2 aliphatic rings. The average Bonchev–Trinajstić information content (AvgIpc) is 3.98. The summed E-state index contributed by atoms with van der Waals surface area (Å²) in [5.41, 5.74) is 5.72. The summed E-state index contributed by atoms with van der Waals surface area (Å²) in [5.74, 6) is 0.321. The van der Waals surface area contributed by atoms with Crippen LogP contribution in [0.4, 0.5) is 21.0 Å². The minimum atomic E-state index is -0.682. The number of aryl methyl sites for hydroxylation is 2. The molecule has 0 unspecified atom stereocenters. The molecule has 55 heavy (non-hydrogen) atoms. The lowest BCUT2D eigenvalue weighted by molar-refractivity contribution is -0.136. The van der Waals surface area contributed by atoms with Crippen LogP contribution in [0.25, 0.3) is 11.3 Å². The average molecular weight is 757 g/mol. The van der Waals surface area contributed by atoms with Crippen molar-refractivity contribution in [2.75, 3.05) is 39.2 Å². The fourth-order valence-electron chi connectivity index (χ4n) is 7.44. The molecule has 2 fully saturated rings. The number of aromatic nitrogens is 2. The predicted octanol–water partition coefficient (Wildman–Crippen LogP) is 6.02. The number of rotatable bonds is 15. The van der Waals surface area contributed by atoms with Gasteiger partial charge in [0.25, 0.3) is 0 Å². The van der Waals surface area contributed by atoms with Crippen molar-refractivity contribution in [3.8, 4) is 11.3 Å². The molecule has 4 N–H and O–H groups in total. The van der Waals surface area contributed by atoms with Crippen LogP contribution in [0.1, 0.15) is 76.4 Å². The molecular weight excluding hydrogens is 701 g/mol. The Bertz CT molecular complexity index is 1810. The molecule has 3 aromatic rings. The number of nitrogens with one attached hydrogen (secondary N) is 4. The maximum Gasteiger partial charge on any atom is 0.407 e. The normalized spacial score (nSPS) is 17.9. The molecule has 0 aliphatic carbocycles. The highest BCUT2D eigenvalue weighted by atomic mass is 16.5. The molecule has 14 heteroatoms. The summed E-state index contributed by atoms with van der Waals surface area (Å²) < 4.78 is 9.50. The fourth-order valence-corrected chi connectivity index (χ4v) is 7.44. The van der Waals surface area contributed by atoms with Gasteiger partial charge in [0.1, 0.15) is 17.9 Å². The molecule has 1 aromatic heterocycles. The van der Waals surface area contributed by atoms with Gasteiger partial charge in [0, 0.05) is 37.4 Å².